The summed E-state index contributed by atoms with van der Waals surface area (Å²) in [5.41, 5.74) is 0.0637. The van der Waals surface area contributed by atoms with E-state index < -0.39 is 18.4 Å². The maximum absolute atomic E-state index is 11.2. The number of para-hydroxylation sites is 1. The lowest BCUT2D eigenvalue weighted by molar-refractivity contribution is -0.135. The van der Waals surface area contributed by atoms with Gasteiger partial charge < -0.3 is 15.5 Å². The van der Waals surface area contributed by atoms with Crippen LogP contribution in [-0.2, 0) is 4.79 Å². The van der Waals surface area contributed by atoms with Crippen molar-refractivity contribution in [3.63, 3.8) is 0 Å². The average molecular weight is 365 g/mol. The Kier molecular flexibility index (Phi) is 12.6. The number of aromatic hydroxyl groups is 1. The highest BCUT2D eigenvalue weighted by atomic mass is 16.4. The van der Waals surface area contributed by atoms with Crippen LogP contribution in [0.2, 0.25) is 0 Å². The van der Waals surface area contributed by atoms with Crippen LogP contribution in [0.15, 0.2) is 24.3 Å². The van der Waals surface area contributed by atoms with Crippen LogP contribution in [0.1, 0.15) is 10.4 Å². The van der Waals surface area contributed by atoms with Crippen LogP contribution in [0, 0.1) is 83.9 Å². The molecule has 0 saturated carbocycles. The molecule has 0 spiro atoms. The molecule has 0 aliphatic heterocycles. The average Bonchev–Trinajstić information content (AvgIpc) is 2.68. The topological polar surface area (TPSA) is 86.6 Å². The molecule has 0 radical (unpaired) electrons. The fraction of sp³-hybridized carbons (Fsp3) is 0.0435. The van der Waals surface area contributed by atoms with Gasteiger partial charge in [0.15, 0.2) is 0 Å². The van der Waals surface area contributed by atoms with E-state index in [1.807, 2.05) is 0 Å². The minimum atomic E-state index is -1.13. The molecule has 132 valence electrons. The van der Waals surface area contributed by atoms with E-state index in [0.717, 1.165) is 0 Å². The minimum absolute atomic E-state index is 0.0637. The van der Waals surface area contributed by atoms with E-state index in [1.54, 1.807) is 12.1 Å². The summed E-state index contributed by atoms with van der Waals surface area (Å²) in [6.45, 7) is -0.465. The van der Waals surface area contributed by atoms with E-state index in [9.17, 15) is 14.7 Å². The first-order chi connectivity index (χ1) is 13.5. The van der Waals surface area contributed by atoms with E-state index in [2.05, 4.69) is 76.4 Å². The van der Waals surface area contributed by atoms with Gasteiger partial charge in [-0.25, -0.2) is 0 Å². The first kappa shape index (κ1) is 22.9. The molecule has 1 aromatic rings. The van der Waals surface area contributed by atoms with Gasteiger partial charge in [-0.1, -0.05) is 12.1 Å². The molecule has 0 aromatic heterocycles. The molecule has 0 aliphatic carbocycles. The van der Waals surface area contributed by atoms with Crippen molar-refractivity contribution in [2.45, 2.75) is 0 Å². The van der Waals surface area contributed by atoms with Crippen LogP contribution in [0.3, 0.4) is 0 Å². The van der Waals surface area contributed by atoms with Gasteiger partial charge in [-0.2, -0.15) is 0 Å². The summed E-state index contributed by atoms with van der Waals surface area (Å²) < 4.78 is 0. The number of carbonyl (C=O) groups is 2. The summed E-state index contributed by atoms with van der Waals surface area (Å²) in [7, 11) is 0. The zero-order valence-corrected chi connectivity index (χ0v) is 14.4. The Morgan fingerprint density at radius 3 is 1.64 bits per heavy atom. The summed E-state index contributed by atoms with van der Waals surface area (Å²) in [6.07, 6.45) is 9.71. The van der Waals surface area contributed by atoms with E-state index in [0.29, 0.717) is 0 Å². The Bertz CT molecular complexity index is 1070. The smallest absolute Gasteiger partial charge is 0.322 e. The monoisotopic (exact) mass is 365 g/mol. The number of benzene rings is 1. The van der Waals surface area contributed by atoms with Crippen molar-refractivity contribution in [2.24, 2.45) is 0 Å². The Labute approximate surface area is 163 Å². The molecule has 0 unspecified atom stereocenters. The van der Waals surface area contributed by atoms with Crippen molar-refractivity contribution >= 4 is 11.9 Å². The number of phenolic OH excluding ortho intramolecular Hbond substituents is 1. The van der Waals surface area contributed by atoms with Crippen molar-refractivity contribution in [1.82, 2.24) is 5.32 Å². The summed E-state index contributed by atoms with van der Waals surface area (Å²) in [6, 6.07) is 5.92. The second-order valence-electron chi connectivity index (χ2n) is 4.13. The number of rotatable bonds is 3. The molecule has 0 atom stereocenters. The highest BCUT2D eigenvalue weighted by Crippen LogP contribution is 2.14. The molecular formula is C23H11NO4. The fourth-order valence-electron chi connectivity index (χ4n) is 1.24. The van der Waals surface area contributed by atoms with Gasteiger partial charge >= 0.3 is 5.97 Å². The predicted molar refractivity (Wildman–Crippen MR) is 105 cm³/mol. The molecule has 3 N–H and O–H groups in total. The first-order valence-corrected chi connectivity index (χ1v) is 7.22. The molecule has 28 heavy (non-hydrogen) atoms. The number of carboxylic acid groups (broad SMARTS) is 1. The van der Waals surface area contributed by atoms with Crippen molar-refractivity contribution < 1.29 is 19.8 Å². The Morgan fingerprint density at radius 1 is 0.821 bits per heavy atom. The number of nitrogens with one attached hydrogen (secondary N) is 1. The van der Waals surface area contributed by atoms with Gasteiger partial charge in [0.25, 0.3) is 5.91 Å². The Hall–Kier alpha value is -5.12. The molecule has 0 saturated heterocycles. The zero-order chi connectivity index (χ0) is 21.0. The molecule has 1 aromatic carbocycles. The molecule has 5 heteroatoms. The predicted octanol–water partition coefficient (Wildman–Crippen LogP) is 0.476. The number of aliphatic carboxylic acids is 1. The SMILES string of the molecule is C#CC#CC#CC#CC#CC#CC#C.O=C(O)CNC(=O)c1ccccc1O. The van der Waals surface area contributed by atoms with Crippen molar-refractivity contribution in [3.8, 4) is 89.6 Å². The summed E-state index contributed by atoms with van der Waals surface area (Å²) in [5, 5.41) is 19.7. The van der Waals surface area contributed by atoms with Gasteiger partial charge in [0.1, 0.15) is 12.3 Å². The number of carboxylic acids is 1. The number of hydrogen-bond acceptors (Lipinski definition) is 3. The molecule has 0 bridgehead atoms. The van der Waals surface area contributed by atoms with Crippen LogP contribution in [0.25, 0.3) is 0 Å². The lowest BCUT2D eigenvalue weighted by Crippen LogP contribution is -2.29. The number of amides is 1. The third-order valence-corrected chi connectivity index (χ3v) is 2.26. The minimum Gasteiger partial charge on any atom is -0.507 e. The van der Waals surface area contributed by atoms with Crippen molar-refractivity contribution in [2.75, 3.05) is 6.54 Å². The highest BCUT2D eigenvalue weighted by Gasteiger charge is 2.10. The van der Waals surface area contributed by atoms with Gasteiger partial charge in [0.2, 0.25) is 0 Å². The van der Waals surface area contributed by atoms with Gasteiger partial charge in [0.05, 0.1) is 5.56 Å². The summed E-state index contributed by atoms with van der Waals surface area (Å²) in [5.74, 6) is 26.4. The summed E-state index contributed by atoms with van der Waals surface area (Å²) >= 11 is 0. The molecule has 0 fully saturated rings. The van der Waals surface area contributed by atoms with Gasteiger partial charge in [0, 0.05) is 0 Å². The van der Waals surface area contributed by atoms with E-state index in [1.165, 1.54) is 12.1 Å². The van der Waals surface area contributed by atoms with Crippen LogP contribution in [0.5, 0.6) is 5.75 Å². The van der Waals surface area contributed by atoms with Crippen LogP contribution in [0.4, 0.5) is 0 Å². The lowest BCUT2D eigenvalue weighted by atomic mass is 10.2. The van der Waals surface area contributed by atoms with Gasteiger partial charge in [-0.15, -0.1) is 12.8 Å². The number of terminal acetylenes is 2. The van der Waals surface area contributed by atoms with E-state index in [4.69, 9.17) is 18.0 Å². The zero-order valence-electron chi connectivity index (χ0n) is 14.4. The fourth-order valence-corrected chi connectivity index (χ4v) is 1.24. The number of phenols is 1. The van der Waals surface area contributed by atoms with Crippen molar-refractivity contribution in [3.05, 3.63) is 29.8 Å². The molecule has 0 heterocycles. The lowest BCUT2D eigenvalue weighted by Gasteiger charge is -2.03. The van der Waals surface area contributed by atoms with Crippen LogP contribution in [-0.4, -0.2) is 28.6 Å². The molecule has 1 rings (SSSR count). The second-order valence-corrected chi connectivity index (χ2v) is 4.13. The molecule has 0 aliphatic rings. The maximum atomic E-state index is 11.2. The quantitative estimate of drug-likeness (QED) is 0.680. The Morgan fingerprint density at radius 2 is 1.25 bits per heavy atom. The van der Waals surface area contributed by atoms with Crippen molar-refractivity contribution in [1.29, 1.82) is 0 Å². The van der Waals surface area contributed by atoms with Crippen LogP contribution >= 0.6 is 0 Å². The van der Waals surface area contributed by atoms with Crippen LogP contribution < -0.4 is 5.32 Å². The summed E-state index contributed by atoms with van der Waals surface area (Å²) in [4.78, 5) is 21.4. The number of carbonyl (C=O) groups excluding carboxylic acids is 1. The van der Waals surface area contributed by atoms with Gasteiger partial charge in [-0.05, 0) is 83.2 Å². The standard InChI is InChI=1S/C14H2.C9H9NO4/c1-3-5-7-9-11-13-14-12-10-8-6-4-2;11-7-4-2-1-3-6(7)9(14)10-5-8(12)13/h1-2H;1-4,11H,5H2,(H,10,14)(H,12,13). The normalized spacial score (nSPS) is 6.50. The van der Waals surface area contributed by atoms with E-state index >= 15 is 0 Å². The third kappa shape index (κ3) is 12.3. The highest BCUT2D eigenvalue weighted by molar-refractivity contribution is 5.98. The molecule has 1 amide bonds. The van der Waals surface area contributed by atoms with Gasteiger partial charge in [-0.3, -0.25) is 9.59 Å². The first-order valence-electron chi connectivity index (χ1n) is 7.22. The maximum Gasteiger partial charge on any atom is 0.322 e. The molecule has 5 nitrogen and oxygen atoms in total. The molecular weight excluding hydrogens is 354 g/mol. The Balaban J connectivity index is 0.000000521. The third-order valence-electron chi connectivity index (χ3n) is 2.26. The number of hydrogen-bond donors (Lipinski definition) is 3. The second kappa shape index (κ2) is 15.4. The van der Waals surface area contributed by atoms with E-state index in [-0.39, 0.29) is 11.3 Å². The largest absolute Gasteiger partial charge is 0.507 e.